The van der Waals surface area contributed by atoms with Crippen LogP contribution in [0.5, 0.6) is 11.5 Å². The Morgan fingerprint density at radius 1 is 1.23 bits per heavy atom. The predicted molar refractivity (Wildman–Crippen MR) is 81.7 cm³/mol. The van der Waals surface area contributed by atoms with Crippen LogP contribution in [0.15, 0.2) is 42.5 Å². The highest BCUT2D eigenvalue weighted by Crippen LogP contribution is 2.19. The van der Waals surface area contributed by atoms with Gasteiger partial charge in [-0.3, -0.25) is 4.79 Å². The second-order valence-electron chi connectivity index (χ2n) is 4.48. The van der Waals surface area contributed by atoms with Crippen LogP contribution in [0, 0.1) is 5.82 Å². The zero-order valence-corrected chi connectivity index (χ0v) is 12.7. The number of methoxy groups -OCH3 is 1. The Balaban J connectivity index is 1.85. The van der Waals surface area contributed by atoms with Crippen molar-refractivity contribution >= 4 is 17.5 Å². The van der Waals surface area contributed by atoms with E-state index in [2.05, 4.69) is 5.32 Å². The summed E-state index contributed by atoms with van der Waals surface area (Å²) in [6.07, 6.45) is 0. The summed E-state index contributed by atoms with van der Waals surface area (Å²) in [7, 11) is 1.49. The minimum absolute atomic E-state index is 0.140. The molecule has 0 unspecified atom stereocenters. The molecule has 22 heavy (non-hydrogen) atoms. The van der Waals surface area contributed by atoms with Crippen LogP contribution < -0.4 is 14.8 Å². The van der Waals surface area contributed by atoms with Crippen molar-refractivity contribution in [2.75, 3.05) is 13.7 Å². The summed E-state index contributed by atoms with van der Waals surface area (Å²) < 4.78 is 23.6. The van der Waals surface area contributed by atoms with Gasteiger partial charge in [0, 0.05) is 17.1 Å². The highest BCUT2D eigenvalue weighted by atomic mass is 35.5. The first-order valence-corrected chi connectivity index (χ1v) is 6.94. The summed E-state index contributed by atoms with van der Waals surface area (Å²) in [4.78, 5) is 11.7. The average Bonchev–Trinajstić information content (AvgIpc) is 2.52. The lowest BCUT2D eigenvalue weighted by Crippen LogP contribution is -2.28. The van der Waals surface area contributed by atoms with Gasteiger partial charge in [-0.15, -0.1) is 0 Å². The van der Waals surface area contributed by atoms with Crippen LogP contribution in [0.3, 0.4) is 0 Å². The molecule has 0 aliphatic rings. The Hall–Kier alpha value is -2.27. The maximum absolute atomic E-state index is 13.2. The number of ether oxygens (including phenoxy) is 2. The zero-order chi connectivity index (χ0) is 15.9. The molecule has 2 rings (SSSR count). The van der Waals surface area contributed by atoms with Gasteiger partial charge >= 0.3 is 0 Å². The first kappa shape index (κ1) is 16.1. The van der Waals surface area contributed by atoms with Crippen LogP contribution in [0.2, 0.25) is 5.02 Å². The first-order chi connectivity index (χ1) is 10.6. The van der Waals surface area contributed by atoms with Crippen LogP contribution in [0.4, 0.5) is 4.39 Å². The van der Waals surface area contributed by atoms with Gasteiger partial charge in [0.05, 0.1) is 7.11 Å². The molecule has 2 aromatic rings. The molecule has 0 heterocycles. The molecule has 0 spiro atoms. The second kappa shape index (κ2) is 7.66. The fraction of sp³-hybridized carbons (Fsp3) is 0.188. The number of nitrogens with one attached hydrogen (secondary N) is 1. The molecule has 0 aromatic heterocycles. The van der Waals surface area contributed by atoms with Gasteiger partial charge in [0.1, 0.15) is 17.3 Å². The Kier molecular flexibility index (Phi) is 5.61. The van der Waals surface area contributed by atoms with Crippen molar-refractivity contribution in [3.05, 3.63) is 58.9 Å². The molecule has 0 aliphatic heterocycles. The third kappa shape index (κ3) is 4.63. The topological polar surface area (TPSA) is 47.6 Å². The largest absolute Gasteiger partial charge is 0.496 e. The molecule has 1 N–H and O–H groups in total. The first-order valence-electron chi connectivity index (χ1n) is 6.56. The fourth-order valence-corrected chi connectivity index (χ4v) is 1.94. The number of rotatable bonds is 6. The molecule has 0 saturated heterocycles. The normalized spacial score (nSPS) is 10.1. The van der Waals surface area contributed by atoms with Crippen molar-refractivity contribution in [1.29, 1.82) is 0 Å². The number of carbonyl (C=O) groups is 1. The lowest BCUT2D eigenvalue weighted by molar-refractivity contribution is -0.123. The Labute approximate surface area is 132 Å². The lowest BCUT2D eigenvalue weighted by Gasteiger charge is -2.10. The SMILES string of the molecule is COc1ccc(F)cc1CNC(=O)COc1ccc(Cl)cc1. The molecule has 1 amide bonds. The Morgan fingerprint density at radius 3 is 2.64 bits per heavy atom. The highest BCUT2D eigenvalue weighted by Gasteiger charge is 2.07. The molecule has 0 radical (unpaired) electrons. The molecule has 4 nitrogen and oxygen atoms in total. The molecular formula is C16H15ClFNO3. The van der Waals surface area contributed by atoms with E-state index in [0.29, 0.717) is 22.1 Å². The predicted octanol–water partition coefficient (Wildman–Crippen LogP) is 3.18. The molecule has 0 saturated carbocycles. The van der Waals surface area contributed by atoms with E-state index in [1.54, 1.807) is 24.3 Å². The van der Waals surface area contributed by atoms with Gasteiger partial charge in [-0.25, -0.2) is 4.39 Å². The van der Waals surface area contributed by atoms with Crippen LogP contribution in [0.1, 0.15) is 5.56 Å². The van der Waals surface area contributed by atoms with E-state index in [-0.39, 0.29) is 24.9 Å². The number of halogens is 2. The van der Waals surface area contributed by atoms with Gasteiger partial charge in [0.25, 0.3) is 5.91 Å². The third-order valence-electron chi connectivity index (χ3n) is 2.90. The quantitative estimate of drug-likeness (QED) is 0.888. The van der Waals surface area contributed by atoms with Crippen molar-refractivity contribution in [2.45, 2.75) is 6.54 Å². The van der Waals surface area contributed by atoms with Crippen molar-refractivity contribution < 1.29 is 18.7 Å². The van der Waals surface area contributed by atoms with Crippen molar-refractivity contribution in [3.63, 3.8) is 0 Å². The molecule has 6 heteroatoms. The zero-order valence-electron chi connectivity index (χ0n) is 11.9. The van der Waals surface area contributed by atoms with Crippen LogP contribution in [-0.2, 0) is 11.3 Å². The maximum Gasteiger partial charge on any atom is 0.258 e. The Bertz CT molecular complexity index is 646. The molecule has 2 aromatic carbocycles. The van der Waals surface area contributed by atoms with Crippen molar-refractivity contribution in [2.24, 2.45) is 0 Å². The van der Waals surface area contributed by atoms with E-state index >= 15 is 0 Å². The number of amides is 1. The van der Waals surface area contributed by atoms with E-state index in [1.165, 1.54) is 25.3 Å². The number of benzene rings is 2. The summed E-state index contributed by atoms with van der Waals surface area (Å²) in [6, 6.07) is 10.8. The molecule has 0 atom stereocenters. The van der Waals surface area contributed by atoms with Gasteiger partial charge < -0.3 is 14.8 Å². The molecule has 0 aliphatic carbocycles. The molecule has 116 valence electrons. The molecule has 0 bridgehead atoms. The van der Waals surface area contributed by atoms with E-state index in [4.69, 9.17) is 21.1 Å². The lowest BCUT2D eigenvalue weighted by atomic mass is 10.2. The van der Waals surface area contributed by atoms with Gasteiger partial charge in [0.15, 0.2) is 6.61 Å². The standard InChI is InChI=1S/C16H15ClFNO3/c1-21-15-7-4-13(18)8-11(15)9-19-16(20)10-22-14-5-2-12(17)3-6-14/h2-8H,9-10H2,1H3,(H,19,20). The van der Waals surface area contributed by atoms with Crippen LogP contribution >= 0.6 is 11.6 Å². The van der Waals surface area contributed by atoms with Gasteiger partial charge in [-0.05, 0) is 42.5 Å². The van der Waals surface area contributed by atoms with Crippen LogP contribution in [-0.4, -0.2) is 19.6 Å². The summed E-state index contributed by atoms with van der Waals surface area (Å²) in [5.41, 5.74) is 0.558. The van der Waals surface area contributed by atoms with E-state index in [1.807, 2.05) is 0 Å². The monoisotopic (exact) mass is 323 g/mol. The van der Waals surface area contributed by atoms with E-state index in [0.717, 1.165) is 0 Å². The number of carbonyl (C=O) groups excluding carboxylic acids is 1. The highest BCUT2D eigenvalue weighted by molar-refractivity contribution is 6.30. The maximum atomic E-state index is 13.2. The molecular weight excluding hydrogens is 309 g/mol. The summed E-state index contributed by atoms with van der Waals surface area (Å²) in [5.74, 6) is 0.354. The van der Waals surface area contributed by atoms with E-state index in [9.17, 15) is 9.18 Å². The fourth-order valence-electron chi connectivity index (χ4n) is 1.81. The van der Waals surface area contributed by atoms with Crippen molar-refractivity contribution in [3.8, 4) is 11.5 Å². The van der Waals surface area contributed by atoms with Gasteiger partial charge in [-0.1, -0.05) is 11.6 Å². The smallest absolute Gasteiger partial charge is 0.258 e. The summed E-state index contributed by atoms with van der Waals surface area (Å²) >= 11 is 5.76. The minimum atomic E-state index is -0.387. The van der Waals surface area contributed by atoms with Gasteiger partial charge in [0.2, 0.25) is 0 Å². The summed E-state index contributed by atoms with van der Waals surface area (Å²) in [5, 5.41) is 3.24. The third-order valence-corrected chi connectivity index (χ3v) is 3.15. The van der Waals surface area contributed by atoms with Crippen LogP contribution in [0.25, 0.3) is 0 Å². The van der Waals surface area contributed by atoms with E-state index < -0.39 is 0 Å². The number of hydrogen-bond acceptors (Lipinski definition) is 3. The Morgan fingerprint density at radius 2 is 1.95 bits per heavy atom. The summed E-state index contributed by atoms with van der Waals surface area (Å²) in [6.45, 7) is 0.0169. The van der Waals surface area contributed by atoms with Crippen molar-refractivity contribution in [1.82, 2.24) is 5.32 Å². The van der Waals surface area contributed by atoms with Gasteiger partial charge in [-0.2, -0.15) is 0 Å². The molecule has 0 fully saturated rings. The average molecular weight is 324 g/mol. The minimum Gasteiger partial charge on any atom is -0.496 e. The second-order valence-corrected chi connectivity index (χ2v) is 4.91. The number of hydrogen-bond donors (Lipinski definition) is 1.